The maximum atomic E-state index is 11.7. The molecule has 0 radical (unpaired) electrons. The lowest BCUT2D eigenvalue weighted by Gasteiger charge is -2.41. The third-order valence-corrected chi connectivity index (χ3v) is 6.21. The van der Waals surface area contributed by atoms with Crippen molar-refractivity contribution in [3.05, 3.63) is 35.9 Å². The van der Waals surface area contributed by atoms with Gasteiger partial charge in [0.2, 0.25) is 0 Å². The molecular formula is C16H26N2O2S. The lowest BCUT2D eigenvalue weighted by atomic mass is 9.80. The van der Waals surface area contributed by atoms with Gasteiger partial charge in [-0.25, -0.2) is 8.42 Å². The summed E-state index contributed by atoms with van der Waals surface area (Å²) in [6.07, 6.45) is 0. The zero-order chi connectivity index (χ0) is 15.7. The van der Waals surface area contributed by atoms with E-state index < -0.39 is 9.84 Å². The van der Waals surface area contributed by atoms with Crippen LogP contribution in [0.1, 0.15) is 32.4 Å². The van der Waals surface area contributed by atoms with Crippen LogP contribution in [0.15, 0.2) is 30.3 Å². The maximum absolute atomic E-state index is 11.7. The Hall–Kier alpha value is -0.910. The summed E-state index contributed by atoms with van der Waals surface area (Å²) in [6, 6.07) is 10.1. The molecular weight excluding hydrogens is 284 g/mol. The van der Waals surface area contributed by atoms with Crippen molar-refractivity contribution in [3.63, 3.8) is 0 Å². The van der Waals surface area contributed by atoms with Crippen LogP contribution in [-0.4, -0.2) is 44.0 Å². The summed E-state index contributed by atoms with van der Waals surface area (Å²) in [5, 5.41) is 0. The van der Waals surface area contributed by atoms with Gasteiger partial charge in [0, 0.05) is 25.2 Å². The first-order valence-electron chi connectivity index (χ1n) is 7.46. The van der Waals surface area contributed by atoms with Crippen LogP contribution < -0.4 is 5.73 Å². The summed E-state index contributed by atoms with van der Waals surface area (Å²) >= 11 is 0. The Morgan fingerprint density at radius 2 is 1.95 bits per heavy atom. The summed E-state index contributed by atoms with van der Waals surface area (Å²) in [5.74, 6) is 0.512. The molecule has 2 atom stereocenters. The van der Waals surface area contributed by atoms with E-state index in [1.807, 2.05) is 25.1 Å². The van der Waals surface area contributed by atoms with Crippen molar-refractivity contribution in [2.24, 2.45) is 11.1 Å². The van der Waals surface area contributed by atoms with E-state index in [-0.39, 0.29) is 29.0 Å². The molecule has 1 aliphatic heterocycles. The van der Waals surface area contributed by atoms with Gasteiger partial charge in [-0.05, 0) is 17.9 Å². The highest BCUT2D eigenvalue weighted by atomic mass is 32.2. The van der Waals surface area contributed by atoms with E-state index in [2.05, 4.69) is 30.9 Å². The van der Waals surface area contributed by atoms with E-state index >= 15 is 0 Å². The Kier molecular flexibility index (Phi) is 4.76. The van der Waals surface area contributed by atoms with Crippen LogP contribution >= 0.6 is 0 Å². The van der Waals surface area contributed by atoms with Gasteiger partial charge in [-0.2, -0.15) is 0 Å². The van der Waals surface area contributed by atoms with Crippen LogP contribution in [0.25, 0.3) is 0 Å². The molecule has 4 nitrogen and oxygen atoms in total. The fourth-order valence-electron chi connectivity index (χ4n) is 3.00. The Labute approximate surface area is 128 Å². The number of rotatable bonds is 4. The van der Waals surface area contributed by atoms with Crippen molar-refractivity contribution in [1.29, 1.82) is 0 Å². The number of nitrogens with two attached hydrogens (primary N) is 1. The molecule has 1 heterocycles. The van der Waals surface area contributed by atoms with E-state index in [1.165, 1.54) is 0 Å². The molecule has 0 saturated carbocycles. The molecule has 0 aliphatic carbocycles. The van der Waals surface area contributed by atoms with E-state index in [1.54, 1.807) is 0 Å². The molecule has 0 bridgehead atoms. The maximum Gasteiger partial charge on any atom is 0.153 e. The predicted octanol–water partition coefficient (Wildman–Crippen LogP) is 1.83. The largest absolute Gasteiger partial charge is 0.323 e. The van der Waals surface area contributed by atoms with Crippen molar-refractivity contribution in [1.82, 2.24) is 4.90 Å². The van der Waals surface area contributed by atoms with Crippen LogP contribution in [-0.2, 0) is 9.84 Å². The van der Waals surface area contributed by atoms with Crippen LogP contribution in [0.3, 0.4) is 0 Å². The van der Waals surface area contributed by atoms with Gasteiger partial charge in [-0.15, -0.1) is 0 Å². The molecule has 21 heavy (non-hydrogen) atoms. The predicted molar refractivity (Wildman–Crippen MR) is 86.8 cm³/mol. The Balaban J connectivity index is 2.07. The van der Waals surface area contributed by atoms with Gasteiger partial charge < -0.3 is 5.73 Å². The van der Waals surface area contributed by atoms with Gasteiger partial charge in [0.15, 0.2) is 9.84 Å². The van der Waals surface area contributed by atoms with Gasteiger partial charge >= 0.3 is 0 Å². The molecule has 1 saturated heterocycles. The van der Waals surface area contributed by atoms with Gasteiger partial charge in [0.25, 0.3) is 0 Å². The smallest absolute Gasteiger partial charge is 0.153 e. The zero-order valence-electron chi connectivity index (χ0n) is 13.1. The summed E-state index contributed by atoms with van der Waals surface area (Å²) < 4.78 is 23.4. The molecule has 0 aromatic heterocycles. The minimum atomic E-state index is -2.87. The van der Waals surface area contributed by atoms with Gasteiger partial charge in [0.1, 0.15) is 0 Å². The first-order chi connectivity index (χ1) is 9.71. The number of nitrogens with zero attached hydrogens (tertiary/aromatic N) is 1. The molecule has 2 N–H and O–H groups in total. The molecule has 1 fully saturated rings. The Morgan fingerprint density at radius 3 is 2.52 bits per heavy atom. The molecule has 118 valence electrons. The van der Waals surface area contributed by atoms with E-state index in [0.717, 1.165) is 12.1 Å². The summed E-state index contributed by atoms with van der Waals surface area (Å²) in [5.41, 5.74) is 7.45. The van der Waals surface area contributed by atoms with E-state index in [0.29, 0.717) is 6.54 Å². The lowest BCUT2D eigenvalue weighted by Crippen LogP contribution is -2.51. The molecule has 1 aromatic rings. The minimum absolute atomic E-state index is 0.0611. The number of benzene rings is 1. The van der Waals surface area contributed by atoms with Gasteiger partial charge in [-0.1, -0.05) is 44.2 Å². The monoisotopic (exact) mass is 310 g/mol. The van der Waals surface area contributed by atoms with Gasteiger partial charge in [0.05, 0.1) is 11.5 Å². The van der Waals surface area contributed by atoms with Crippen LogP contribution in [0.2, 0.25) is 0 Å². The Bertz CT molecular complexity index is 569. The van der Waals surface area contributed by atoms with Crippen LogP contribution in [0.4, 0.5) is 0 Å². The first kappa shape index (κ1) is 16.5. The van der Waals surface area contributed by atoms with E-state index in [4.69, 9.17) is 5.73 Å². The van der Waals surface area contributed by atoms with Crippen molar-refractivity contribution < 1.29 is 8.42 Å². The summed E-state index contributed by atoms with van der Waals surface area (Å²) in [4.78, 5) is 2.25. The highest BCUT2D eigenvalue weighted by Crippen LogP contribution is 2.33. The topological polar surface area (TPSA) is 63.4 Å². The molecule has 0 spiro atoms. The second-order valence-corrected chi connectivity index (χ2v) is 9.04. The van der Waals surface area contributed by atoms with Crippen molar-refractivity contribution in [2.45, 2.75) is 32.9 Å². The summed E-state index contributed by atoms with van der Waals surface area (Å²) in [7, 11) is -2.87. The number of hydrogen-bond acceptors (Lipinski definition) is 4. The average molecular weight is 310 g/mol. The molecule has 2 rings (SSSR count). The van der Waals surface area contributed by atoms with E-state index in [9.17, 15) is 8.42 Å². The highest BCUT2D eigenvalue weighted by Gasteiger charge is 2.35. The molecule has 1 aliphatic rings. The normalized spacial score (nSPS) is 24.7. The zero-order valence-corrected chi connectivity index (χ0v) is 13.9. The number of sulfone groups is 1. The van der Waals surface area contributed by atoms with Crippen LogP contribution in [0, 0.1) is 5.41 Å². The molecule has 1 aromatic carbocycles. The van der Waals surface area contributed by atoms with Gasteiger partial charge in [-0.3, -0.25) is 4.90 Å². The quantitative estimate of drug-likeness (QED) is 0.921. The van der Waals surface area contributed by atoms with Crippen molar-refractivity contribution in [3.8, 4) is 0 Å². The fraction of sp³-hybridized carbons (Fsp3) is 0.625. The first-order valence-corrected chi connectivity index (χ1v) is 9.28. The third-order valence-electron chi connectivity index (χ3n) is 4.42. The lowest BCUT2D eigenvalue weighted by molar-refractivity contribution is 0.127. The van der Waals surface area contributed by atoms with Crippen molar-refractivity contribution in [2.75, 3.05) is 24.6 Å². The highest BCUT2D eigenvalue weighted by molar-refractivity contribution is 7.91. The summed E-state index contributed by atoms with van der Waals surface area (Å²) in [6.45, 7) is 7.70. The molecule has 2 unspecified atom stereocenters. The third kappa shape index (κ3) is 4.05. The number of hydrogen-bond donors (Lipinski definition) is 1. The van der Waals surface area contributed by atoms with Crippen molar-refractivity contribution >= 4 is 9.84 Å². The average Bonchev–Trinajstić information content (AvgIpc) is 2.41. The second kappa shape index (κ2) is 6.07. The van der Waals surface area contributed by atoms with Crippen LogP contribution in [0.5, 0.6) is 0 Å². The fourth-order valence-corrected chi connectivity index (χ4v) is 4.63. The Morgan fingerprint density at radius 1 is 1.33 bits per heavy atom. The SMILES string of the molecule is CC1CS(=O)(=O)CCN1CC(C)(C)C(N)c1ccccc1. The second-order valence-electron chi connectivity index (χ2n) is 6.81. The molecule has 0 amide bonds. The standard InChI is InChI=1S/C16H26N2O2S/c1-13-11-21(19,20)10-9-18(13)12-16(2,3)15(17)14-7-5-4-6-8-14/h4-8,13,15H,9-12,17H2,1-3H3. The molecule has 5 heteroatoms. The minimum Gasteiger partial charge on any atom is -0.323 e.